The SMILES string of the molecule is CCOC(=O)N1CCc2ccccc2C1CC(=O)/C=C/c1ccccc1. The van der Waals surface area contributed by atoms with Crippen molar-refractivity contribution in [3.63, 3.8) is 0 Å². The number of hydrogen-bond acceptors (Lipinski definition) is 3. The lowest BCUT2D eigenvalue weighted by molar-refractivity contribution is -0.115. The van der Waals surface area contributed by atoms with Crippen LogP contribution in [0.2, 0.25) is 0 Å². The van der Waals surface area contributed by atoms with Crippen molar-refractivity contribution >= 4 is 18.0 Å². The average molecular weight is 349 g/mol. The molecule has 1 amide bonds. The second-order valence-corrected chi connectivity index (χ2v) is 6.27. The van der Waals surface area contributed by atoms with Crippen molar-refractivity contribution in [1.82, 2.24) is 4.90 Å². The molecule has 1 atom stereocenters. The third kappa shape index (κ3) is 4.20. The van der Waals surface area contributed by atoms with Crippen LogP contribution in [0.5, 0.6) is 0 Å². The zero-order valence-electron chi connectivity index (χ0n) is 14.9. The van der Waals surface area contributed by atoms with Crippen LogP contribution in [-0.2, 0) is 16.0 Å². The van der Waals surface area contributed by atoms with Gasteiger partial charge in [-0.15, -0.1) is 0 Å². The standard InChI is InChI=1S/C22H23NO3/c1-2-26-22(25)23-15-14-18-10-6-7-11-20(18)21(23)16-19(24)13-12-17-8-4-3-5-9-17/h3-13,21H,2,14-16H2,1H3/b13-12+. The Morgan fingerprint density at radius 3 is 2.62 bits per heavy atom. The van der Waals surface area contributed by atoms with Gasteiger partial charge in [0.1, 0.15) is 0 Å². The Kier molecular flexibility index (Phi) is 5.84. The zero-order valence-corrected chi connectivity index (χ0v) is 14.9. The second kappa shape index (κ2) is 8.48. The maximum absolute atomic E-state index is 12.6. The van der Waals surface area contributed by atoms with E-state index >= 15 is 0 Å². The smallest absolute Gasteiger partial charge is 0.410 e. The molecule has 0 spiro atoms. The number of benzene rings is 2. The van der Waals surface area contributed by atoms with Crippen LogP contribution in [0, 0.1) is 0 Å². The molecule has 1 aliphatic heterocycles. The molecular formula is C22H23NO3. The Bertz CT molecular complexity index is 798. The van der Waals surface area contributed by atoms with Gasteiger partial charge in [-0.05, 0) is 36.1 Å². The minimum atomic E-state index is -0.355. The van der Waals surface area contributed by atoms with Crippen LogP contribution in [0.4, 0.5) is 4.79 Å². The van der Waals surface area contributed by atoms with Crippen molar-refractivity contribution in [3.8, 4) is 0 Å². The highest BCUT2D eigenvalue weighted by atomic mass is 16.6. The highest BCUT2D eigenvalue weighted by Gasteiger charge is 2.32. The van der Waals surface area contributed by atoms with Gasteiger partial charge < -0.3 is 9.64 Å². The topological polar surface area (TPSA) is 46.6 Å². The Labute approximate surface area is 154 Å². The summed E-state index contributed by atoms with van der Waals surface area (Å²) in [5, 5.41) is 0. The molecule has 0 bridgehead atoms. The lowest BCUT2D eigenvalue weighted by atomic mass is 9.90. The van der Waals surface area contributed by atoms with Crippen molar-refractivity contribution in [3.05, 3.63) is 77.4 Å². The minimum Gasteiger partial charge on any atom is -0.450 e. The Morgan fingerprint density at radius 1 is 1.12 bits per heavy atom. The first-order chi connectivity index (χ1) is 12.7. The van der Waals surface area contributed by atoms with Gasteiger partial charge in [0.15, 0.2) is 5.78 Å². The molecule has 0 fully saturated rings. The number of amides is 1. The van der Waals surface area contributed by atoms with E-state index in [1.807, 2.05) is 54.6 Å². The first-order valence-electron chi connectivity index (χ1n) is 8.96. The lowest BCUT2D eigenvalue weighted by Gasteiger charge is -2.36. The number of nitrogens with zero attached hydrogens (tertiary/aromatic N) is 1. The van der Waals surface area contributed by atoms with Gasteiger partial charge in [0.25, 0.3) is 0 Å². The highest BCUT2D eigenvalue weighted by molar-refractivity contribution is 5.94. The molecule has 0 aromatic heterocycles. The first kappa shape index (κ1) is 17.9. The zero-order chi connectivity index (χ0) is 18.4. The number of carbonyl (C=O) groups is 2. The van der Waals surface area contributed by atoms with Gasteiger partial charge in [0.05, 0.1) is 12.6 Å². The van der Waals surface area contributed by atoms with Gasteiger partial charge in [0, 0.05) is 13.0 Å². The predicted octanol–water partition coefficient (Wildman–Crippen LogP) is 4.41. The molecule has 2 aromatic rings. The third-order valence-electron chi connectivity index (χ3n) is 4.57. The molecule has 1 heterocycles. The molecule has 134 valence electrons. The van der Waals surface area contributed by atoms with Crippen molar-refractivity contribution < 1.29 is 14.3 Å². The molecule has 26 heavy (non-hydrogen) atoms. The maximum atomic E-state index is 12.6. The van der Waals surface area contributed by atoms with Crippen molar-refractivity contribution in [1.29, 1.82) is 0 Å². The normalized spacial score (nSPS) is 16.3. The fourth-order valence-corrected chi connectivity index (χ4v) is 3.31. The number of ketones is 1. The summed E-state index contributed by atoms with van der Waals surface area (Å²) in [7, 11) is 0. The summed E-state index contributed by atoms with van der Waals surface area (Å²) in [4.78, 5) is 26.6. The highest BCUT2D eigenvalue weighted by Crippen LogP contribution is 2.33. The summed E-state index contributed by atoms with van der Waals surface area (Å²) >= 11 is 0. The van der Waals surface area contributed by atoms with E-state index in [1.165, 1.54) is 5.56 Å². The van der Waals surface area contributed by atoms with Gasteiger partial charge in [0.2, 0.25) is 0 Å². The van der Waals surface area contributed by atoms with Crippen LogP contribution in [-0.4, -0.2) is 29.9 Å². The Morgan fingerprint density at radius 2 is 1.85 bits per heavy atom. The monoisotopic (exact) mass is 349 g/mol. The van der Waals surface area contributed by atoms with E-state index in [1.54, 1.807) is 17.9 Å². The van der Waals surface area contributed by atoms with Crippen molar-refractivity contribution in [2.45, 2.75) is 25.8 Å². The van der Waals surface area contributed by atoms with E-state index < -0.39 is 0 Å². The van der Waals surface area contributed by atoms with Gasteiger partial charge in [-0.2, -0.15) is 0 Å². The van der Waals surface area contributed by atoms with E-state index in [0.717, 1.165) is 17.5 Å². The molecule has 0 aliphatic carbocycles. The van der Waals surface area contributed by atoms with Gasteiger partial charge in [-0.3, -0.25) is 4.79 Å². The molecule has 4 heteroatoms. The predicted molar refractivity (Wildman–Crippen MR) is 102 cm³/mol. The molecule has 0 N–H and O–H groups in total. The third-order valence-corrected chi connectivity index (χ3v) is 4.57. The van der Waals surface area contributed by atoms with E-state index in [4.69, 9.17) is 4.74 Å². The Hall–Kier alpha value is -2.88. The number of ether oxygens (including phenoxy) is 1. The average Bonchev–Trinajstić information content (AvgIpc) is 2.67. The number of carbonyl (C=O) groups excluding carboxylic acids is 2. The molecule has 2 aromatic carbocycles. The summed E-state index contributed by atoms with van der Waals surface area (Å²) in [5.41, 5.74) is 3.21. The molecule has 3 rings (SSSR count). The number of hydrogen-bond donors (Lipinski definition) is 0. The minimum absolute atomic E-state index is 0.00939. The van der Waals surface area contributed by atoms with Crippen LogP contribution in [0.1, 0.15) is 36.1 Å². The fourth-order valence-electron chi connectivity index (χ4n) is 3.31. The molecular weight excluding hydrogens is 326 g/mol. The fraction of sp³-hybridized carbons (Fsp3) is 0.273. The van der Waals surface area contributed by atoms with E-state index in [-0.39, 0.29) is 24.3 Å². The van der Waals surface area contributed by atoms with E-state index in [9.17, 15) is 9.59 Å². The molecule has 4 nitrogen and oxygen atoms in total. The largest absolute Gasteiger partial charge is 0.450 e. The summed E-state index contributed by atoms with van der Waals surface area (Å²) < 4.78 is 5.20. The summed E-state index contributed by atoms with van der Waals surface area (Å²) in [5.74, 6) is -0.00939. The molecule has 1 unspecified atom stereocenters. The van der Waals surface area contributed by atoms with Crippen LogP contribution in [0.3, 0.4) is 0 Å². The van der Waals surface area contributed by atoms with Gasteiger partial charge >= 0.3 is 6.09 Å². The number of allylic oxidation sites excluding steroid dienone is 1. The summed E-state index contributed by atoms with van der Waals surface area (Å²) in [6, 6.07) is 17.4. The van der Waals surface area contributed by atoms with E-state index in [0.29, 0.717) is 13.2 Å². The van der Waals surface area contributed by atoms with Crippen LogP contribution >= 0.6 is 0 Å². The molecule has 0 saturated carbocycles. The second-order valence-electron chi connectivity index (χ2n) is 6.27. The molecule has 0 radical (unpaired) electrons. The molecule has 0 saturated heterocycles. The number of rotatable bonds is 5. The summed E-state index contributed by atoms with van der Waals surface area (Å²) in [6.07, 6.45) is 4.08. The quantitative estimate of drug-likeness (QED) is 0.751. The first-order valence-corrected chi connectivity index (χ1v) is 8.96. The number of fused-ring (bicyclic) bond motifs is 1. The Balaban J connectivity index is 1.80. The van der Waals surface area contributed by atoms with Crippen LogP contribution in [0.25, 0.3) is 6.08 Å². The van der Waals surface area contributed by atoms with Crippen molar-refractivity contribution in [2.24, 2.45) is 0 Å². The van der Waals surface area contributed by atoms with Gasteiger partial charge in [-0.1, -0.05) is 60.7 Å². The van der Waals surface area contributed by atoms with Gasteiger partial charge in [-0.25, -0.2) is 4.79 Å². The van der Waals surface area contributed by atoms with Crippen LogP contribution in [0.15, 0.2) is 60.7 Å². The van der Waals surface area contributed by atoms with Crippen LogP contribution < -0.4 is 0 Å². The van der Waals surface area contributed by atoms with E-state index in [2.05, 4.69) is 6.07 Å². The maximum Gasteiger partial charge on any atom is 0.410 e. The molecule has 1 aliphatic rings. The lowest BCUT2D eigenvalue weighted by Crippen LogP contribution is -2.41. The summed E-state index contributed by atoms with van der Waals surface area (Å²) in [6.45, 7) is 2.68. The van der Waals surface area contributed by atoms with Crippen molar-refractivity contribution in [2.75, 3.05) is 13.2 Å².